The lowest BCUT2D eigenvalue weighted by molar-refractivity contribution is -0.138. The molecule has 0 aliphatic rings. The molecule has 0 aromatic heterocycles. The first kappa shape index (κ1) is 15.5. The molecule has 0 bridgehead atoms. The van der Waals surface area contributed by atoms with E-state index in [1.54, 1.807) is 30.3 Å². The van der Waals surface area contributed by atoms with Gasteiger partial charge in [-0.3, -0.25) is 0 Å². The van der Waals surface area contributed by atoms with Gasteiger partial charge in [0.1, 0.15) is 19.0 Å². The van der Waals surface area contributed by atoms with Crippen molar-refractivity contribution in [3.05, 3.63) is 48.6 Å². The highest BCUT2D eigenvalue weighted by Gasteiger charge is 1.97. The molecule has 0 N–H and O–H groups in total. The second-order valence-electron chi connectivity index (χ2n) is 3.65. The number of carbonyl (C=O) groups is 2. The zero-order chi connectivity index (χ0) is 14.8. The van der Waals surface area contributed by atoms with E-state index in [2.05, 4.69) is 11.3 Å². The Hall–Kier alpha value is -2.56. The summed E-state index contributed by atoms with van der Waals surface area (Å²) < 4.78 is 14.6. The fourth-order valence-electron chi connectivity index (χ4n) is 1.27. The summed E-state index contributed by atoms with van der Waals surface area (Å²) in [6.07, 6.45) is 4.08. The van der Waals surface area contributed by atoms with Gasteiger partial charge in [-0.05, 0) is 23.8 Å². The van der Waals surface area contributed by atoms with E-state index in [1.807, 2.05) is 0 Å². The summed E-state index contributed by atoms with van der Waals surface area (Å²) in [5, 5.41) is 0. The van der Waals surface area contributed by atoms with E-state index in [9.17, 15) is 9.59 Å². The first-order valence-electron chi connectivity index (χ1n) is 5.94. The van der Waals surface area contributed by atoms with Gasteiger partial charge in [-0.1, -0.05) is 18.7 Å². The number of benzene rings is 1. The Morgan fingerprint density at radius 3 is 2.45 bits per heavy atom. The maximum atomic E-state index is 10.9. The number of esters is 2. The Morgan fingerprint density at radius 2 is 1.85 bits per heavy atom. The fraction of sp³-hybridized carbons (Fsp3) is 0.200. The standard InChI is InChI=1S/C15H16O5/c1-3-14(16)20-11-10-19-13-7-4-12(5-8-13)6-9-15(17)18-2/h3-9H,1,10-11H2,2H3/b9-6+. The van der Waals surface area contributed by atoms with Gasteiger partial charge in [0.25, 0.3) is 0 Å². The molecule has 1 rings (SSSR count). The summed E-state index contributed by atoms with van der Waals surface area (Å²) in [6.45, 7) is 3.71. The van der Waals surface area contributed by atoms with Crippen molar-refractivity contribution >= 4 is 18.0 Å². The summed E-state index contributed by atoms with van der Waals surface area (Å²) in [6, 6.07) is 7.10. The van der Waals surface area contributed by atoms with Crippen molar-refractivity contribution in [1.29, 1.82) is 0 Å². The minimum absolute atomic E-state index is 0.162. The number of rotatable bonds is 7. The number of ether oxygens (including phenoxy) is 3. The van der Waals surface area contributed by atoms with Crippen LogP contribution in [0.1, 0.15) is 5.56 Å². The van der Waals surface area contributed by atoms with Gasteiger partial charge in [-0.2, -0.15) is 0 Å². The smallest absolute Gasteiger partial charge is 0.330 e. The Morgan fingerprint density at radius 1 is 1.15 bits per heavy atom. The predicted molar refractivity (Wildman–Crippen MR) is 74.1 cm³/mol. The zero-order valence-corrected chi connectivity index (χ0v) is 11.2. The molecule has 0 saturated carbocycles. The molecule has 0 spiro atoms. The second-order valence-corrected chi connectivity index (χ2v) is 3.65. The van der Waals surface area contributed by atoms with Crippen LogP contribution >= 0.6 is 0 Å². The molecule has 106 valence electrons. The maximum Gasteiger partial charge on any atom is 0.330 e. The molecule has 0 amide bonds. The van der Waals surface area contributed by atoms with E-state index in [0.717, 1.165) is 11.6 Å². The van der Waals surface area contributed by atoms with E-state index in [1.165, 1.54) is 13.2 Å². The van der Waals surface area contributed by atoms with Crippen molar-refractivity contribution in [2.24, 2.45) is 0 Å². The second kappa shape index (κ2) is 8.53. The number of carbonyl (C=O) groups excluding carboxylic acids is 2. The monoisotopic (exact) mass is 276 g/mol. The van der Waals surface area contributed by atoms with Crippen LogP contribution in [-0.2, 0) is 19.1 Å². The van der Waals surface area contributed by atoms with Crippen molar-refractivity contribution in [3.8, 4) is 5.75 Å². The van der Waals surface area contributed by atoms with Gasteiger partial charge in [-0.25, -0.2) is 9.59 Å². The first-order valence-corrected chi connectivity index (χ1v) is 5.94. The molecule has 1 aromatic rings. The van der Waals surface area contributed by atoms with Crippen LogP contribution in [0.2, 0.25) is 0 Å². The lowest BCUT2D eigenvalue weighted by atomic mass is 10.2. The van der Waals surface area contributed by atoms with Crippen LogP contribution in [-0.4, -0.2) is 32.3 Å². The number of methoxy groups -OCH3 is 1. The highest BCUT2D eigenvalue weighted by Crippen LogP contribution is 2.13. The molecule has 0 saturated heterocycles. The molecule has 0 heterocycles. The lowest BCUT2D eigenvalue weighted by Gasteiger charge is -2.06. The third-order valence-electron chi connectivity index (χ3n) is 2.26. The van der Waals surface area contributed by atoms with Crippen LogP contribution in [0.3, 0.4) is 0 Å². The number of hydrogen-bond donors (Lipinski definition) is 0. The zero-order valence-electron chi connectivity index (χ0n) is 11.2. The van der Waals surface area contributed by atoms with Crippen molar-refractivity contribution in [2.75, 3.05) is 20.3 Å². The average molecular weight is 276 g/mol. The number of hydrogen-bond acceptors (Lipinski definition) is 5. The molecule has 0 radical (unpaired) electrons. The van der Waals surface area contributed by atoms with Crippen LogP contribution < -0.4 is 4.74 Å². The fourth-order valence-corrected chi connectivity index (χ4v) is 1.27. The minimum atomic E-state index is -0.475. The first-order chi connectivity index (χ1) is 9.65. The van der Waals surface area contributed by atoms with Crippen molar-refractivity contribution in [2.45, 2.75) is 0 Å². The molecule has 0 aliphatic heterocycles. The topological polar surface area (TPSA) is 61.8 Å². The predicted octanol–water partition coefficient (Wildman–Crippen LogP) is 1.98. The van der Waals surface area contributed by atoms with Gasteiger partial charge < -0.3 is 14.2 Å². The molecule has 5 nitrogen and oxygen atoms in total. The van der Waals surface area contributed by atoms with Crippen LogP contribution in [0.4, 0.5) is 0 Å². The minimum Gasteiger partial charge on any atom is -0.490 e. The van der Waals surface area contributed by atoms with E-state index in [0.29, 0.717) is 5.75 Å². The summed E-state index contributed by atoms with van der Waals surface area (Å²) in [4.78, 5) is 21.7. The van der Waals surface area contributed by atoms with Crippen molar-refractivity contribution in [1.82, 2.24) is 0 Å². The molecule has 1 aromatic carbocycles. The van der Waals surface area contributed by atoms with E-state index < -0.39 is 11.9 Å². The van der Waals surface area contributed by atoms with Gasteiger partial charge in [0.15, 0.2) is 0 Å². The van der Waals surface area contributed by atoms with Crippen molar-refractivity contribution < 1.29 is 23.8 Å². The largest absolute Gasteiger partial charge is 0.490 e. The molecule has 0 aliphatic carbocycles. The molecule has 20 heavy (non-hydrogen) atoms. The normalized spacial score (nSPS) is 10.1. The van der Waals surface area contributed by atoms with Gasteiger partial charge in [0.2, 0.25) is 0 Å². The third kappa shape index (κ3) is 5.86. The Bertz CT molecular complexity index is 487. The average Bonchev–Trinajstić information content (AvgIpc) is 2.49. The van der Waals surface area contributed by atoms with Gasteiger partial charge in [-0.15, -0.1) is 0 Å². The molecular formula is C15H16O5. The summed E-state index contributed by atoms with van der Waals surface area (Å²) in [5.41, 5.74) is 0.848. The molecule has 0 unspecified atom stereocenters. The quantitative estimate of drug-likeness (QED) is 0.433. The Labute approximate surface area is 117 Å². The Balaban J connectivity index is 2.39. The third-order valence-corrected chi connectivity index (χ3v) is 2.26. The summed E-state index contributed by atoms with van der Waals surface area (Å²) >= 11 is 0. The van der Waals surface area contributed by atoms with Crippen molar-refractivity contribution in [3.63, 3.8) is 0 Å². The lowest BCUT2D eigenvalue weighted by Crippen LogP contribution is -2.10. The summed E-state index contributed by atoms with van der Waals surface area (Å²) in [7, 11) is 1.32. The molecule has 0 fully saturated rings. The summed E-state index contributed by atoms with van der Waals surface area (Å²) in [5.74, 6) is -0.235. The Kier molecular flexibility index (Phi) is 6.61. The highest BCUT2D eigenvalue weighted by molar-refractivity contribution is 5.86. The van der Waals surface area contributed by atoms with Crippen LogP contribution in [0.25, 0.3) is 6.08 Å². The maximum absolute atomic E-state index is 10.9. The van der Waals surface area contributed by atoms with Gasteiger partial charge in [0.05, 0.1) is 7.11 Å². The van der Waals surface area contributed by atoms with Crippen LogP contribution in [0.15, 0.2) is 43.0 Å². The highest BCUT2D eigenvalue weighted by atomic mass is 16.6. The van der Waals surface area contributed by atoms with E-state index in [-0.39, 0.29) is 13.2 Å². The molecular weight excluding hydrogens is 260 g/mol. The van der Waals surface area contributed by atoms with Crippen LogP contribution in [0, 0.1) is 0 Å². The van der Waals surface area contributed by atoms with E-state index >= 15 is 0 Å². The molecule has 0 atom stereocenters. The van der Waals surface area contributed by atoms with Gasteiger partial charge in [0, 0.05) is 12.2 Å². The van der Waals surface area contributed by atoms with E-state index in [4.69, 9.17) is 9.47 Å². The van der Waals surface area contributed by atoms with Gasteiger partial charge >= 0.3 is 11.9 Å². The molecule has 5 heteroatoms. The van der Waals surface area contributed by atoms with Crippen LogP contribution in [0.5, 0.6) is 5.75 Å². The SMILES string of the molecule is C=CC(=O)OCCOc1ccc(/C=C/C(=O)OC)cc1.